The third kappa shape index (κ3) is 3.45. The Morgan fingerprint density at radius 3 is 2.52 bits per heavy atom. The lowest BCUT2D eigenvalue weighted by atomic mass is 10.0. The summed E-state index contributed by atoms with van der Waals surface area (Å²) >= 11 is 0. The predicted octanol–water partition coefficient (Wildman–Crippen LogP) is 1.28. The Hall–Kier alpha value is -1.80. The van der Waals surface area contributed by atoms with Gasteiger partial charge in [0.2, 0.25) is 0 Å². The van der Waals surface area contributed by atoms with Crippen molar-refractivity contribution in [1.29, 1.82) is 0 Å². The zero-order valence-electron chi connectivity index (χ0n) is 11.9. The molecule has 8 heteroatoms. The van der Waals surface area contributed by atoms with Gasteiger partial charge in [0.15, 0.2) is 0 Å². The van der Waals surface area contributed by atoms with Gasteiger partial charge in [0.25, 0.3) is 10.1 Å². The number of hydrogen-bond acceptors (Lipinski definition) is 7. The molecule has 0 amide bonds. The Morgan fingerprint density at radius 2 is 1.95 bits per heavy atom. The number of hydrogen-bond donors (Lipinski definition) is 0. The van der Waals surface area contributed by atoms with Crippen molar-refractivity contribution in [2.75, 3.05) is 27.1 Å². The van der Waals surface area contributed by atoms with Crippen molar-refractivity contribution in [1.82, 2.24) is 0 Å². The molecule has 0 aliphatic carbocycles. The highest BCUT2D eigenvalue weighted by atomic mass is 32.2. The first-order valence-electron chi connectivity index (χ1n) is 6.17. The van der Waals surface area contributed by atoms with E-state index < -0.39 is 22.2 Å². The molecule has 2 rings (SSSR count). The first-order valence-corrected chi connectivity index (χ1v) is 7.98. The maximum Gasteiger partial charge on any atom is 0.342 e. The van der Waals surface area contributed by atoms with Crippen molar-refractivity contribution in [3.63, 3.8) is 0 Å². The summed E-state index contributed by atoms with van der Waals surface area (Å²) in [6.07, 6.45) is 0.605. The Labute approximate surface area is 122 Å². The number of ether oxygens (including phenoxy) is 3. The van der Waals surface area contributed by atoms with Crippen molar-refractivity contribution >= 4 is 16.1 Å². The van der Waals surface area contributed by atoms with Crippen LogP contribution in [0.1, 0.15) is 28.4 Å². The van der Waals surface area contributed by atoms with Gasteiger partial charge in [0.05, 0.1) is 27.1 Å². The quantitative estimate of drug-likeness (QED) is 0.577. The van der Waals surface area contributed by atoms with Crippen molar-refractivity contribution in [3.05, 3.63) is 23.3 Å². The molecule has 1 aromatic carbocycles. The molecular weight excluding hydrogens is 300 g/mol. The normalized spacial score (nSPS) is 17.3. The third-order valence-electron chi connectivity index (χ3n) is 3.04. The van der Waals surface area contributed by atoms with E-state index in [4.69, 9.17) is 14.2 Å². The van der Waals surface area contributed by atoms with Gasteiger partial charge in [-0.05, 0) is 6.07 Å². The topological polar surface area (TPSA) is 88.1 Å². The minimum atomic E-state index is -3.52. The number of carbonyl (C=O) groups is 1. The predicted molar refractivity (Wildman–Crippen MR) is 73.1 cm³/mol. The summed E-state index contributed by atoms with van der Waals surface area (Å²) in [5.41, 5.74) is 0.941. The molecule has 21 heavy (non-hydrogen) atoms. The van der Waals surface area contributed by atoms with Crippen molar-refractivity contribution in [3.8, 4) is 11.5 Å². The van der Waals surface area contributed by atoms with Crippen LogP contribution in [0.4, 0.5) is 0 Å². The summed E-state index contributed by atoms with van der Waals surface area (Å²) in [5, 5.41) is 0. The standard InChI is InChI=1S/C13H16O7S/c1-17-8-6-9-10(4-5-19-21(3,15)16)20-13(14)12(9)11(7-8)18-2/h6-7,10H,4-5H2,1-3H3. The fourth-order valence-electron chi connectivity index (χ4n) is 2.13. The largest absolute Gasteiger partial charge is 0.497 e. The minimum absolute atomic E-state index is 0.0737. The summed E-state index contributed by atoms with van der Waals surface area (Å²) in [6, 6.07) is 3.27. The van der Waals surface area contributed by atoms with Gasteiger partial charge in [-0.3, -0.25) is 4.18 Å². The van der Waals surface area contributed by atoms with E-state index in [9.17, 15) is 13.2 Å². The lowest BCUT2D eigenvalue weighted by molar-refractivity contribution is 0.0341. The molecule has 0 aromatic heterocycles. The van der Waals surface area contributed by atoms with Gasteiger partial charge in [-0.25, -0.2) is 4.79 Å². The van der Waals surface area contributed by atoms with E-state index in [1.807, 2.05) is 0 Å². The Balaban J connectivity index is 2.25. The average Bonchev–Trinajstić information content (AvgIpc) is 2.73. The van der Waals surface area contributed by atoms with Crippen LogP contribution in [0.5, 0.6) is 11.5 Å². The molecule has 7 nitrogen and oxygen atoms in total. The molecule has 1 aliphatic heterocycles. The Kier molecular flexibility index (Phi) is 4.38. The van der Waals surface area contributed by atoms with Crippen LogP contribution >= 0.6 is 0 Å². The molecule has 0 saturated carbocycles. The zero-order chi connectivity index (χ0) is 15.6. The molecule has 0 radical (unpaired) electrons. The van der Waals surface area contributed by atoms with Crippen LogP contribution in [0.3, 0.4) is 0 Å². The summed E-state index contributed by atoms with van der Waals surface area (Å²) in [5.74, 6) is 0.382. The highest BCUT2D eigenvalue weighted by molar-refractivity contribution is 7.85. The highest BCUT2D eigenvalue weighted by Crippen LogP contribution is 2.41. The number of cyclic esters (lactones) is 1. The first kappa shape index (κ1) is 15.6. The smallest absolute Gasteiger partial charge is 0.342 e. The van der Waals surface area contributed by atoms with Crippen LogP contribution < -0.4 is 9.47 Å². The van der Waals surface area contributed by atoms with Gasteiger partial charge in [-0.15, -0.1) is 0 Å². The summed E-state index contributed by atoms with van der Waals surface area (Å²) in [4.78, 5) is 11.9. The van der Waals surface area contributed by atoms with E-state index in [0.29, 0.717) is 22.6 Å². The summed E-state index contributed by atoms with van der Waals surface area (Å²) in [6.45, 7) is -0.0737. The van der Waals surface area contributed by atoms with E-state index in [1.54, 1.807) is 12.1 Å². The summed E-state index contributed by atoms with van der Waals surface area (Å²) in [7, 11) is -0.575. The molecule has 0 fully saturated rings. The second kappa shape index (κ2) is 5.90. The van der Waals surface area contributed by atoms with Gasteiger partial charge in [-0.1, -0.05) is 0 Å². The number of methoxy groups -OCH3 is 2. The molecule has 1 aliphatic rings. The highest BCUT2D eigenvalue weighted by Gasteiger charge is 2.35. The van der Waals surface area contributed by atoms with E-state index in [-0.39, 0.29) is 13.0 Å². The van der Waals surface area contributed by atoms with Crippen LogP contribution in [-0.2, 0) is 19.0 Å². The Bertz CT molecular complexity index is 651. The summed E-state index contributed by atoms with van der Waals surface area (Å²) < 4.78 is 42.1. The molecular formula is C13H16O7S. The number of esters is 1. The van der Waals surface area contributed by atoms with Gasteiger partial charge >= 0.3 is 5.97 Å². The molecule has 1 atom stereocenters. The first-order chi connectivity index (χ1) is 9.85. The molecule has 116 valence electrons. The average molecular weight is 316 g/mol. The van der Waals surface area contributed by atoms with Crippen LogP contribution in [0.25, 0.3) is 0 Å². The lowest BCUT2D eigenvalue weighted by Crippen LogP contribution is -2.08. The molecule has 0 spiro atoms. The van der Waals surface area contributed by atoms with Gasteiger partial charge in [0.1, 0.15) is 23.2 Å². The molecule has 0 N–H and O–H groups in total. The lowest BCUT2D eigenvalue weighted by Gasteiger charge is -2.12. The van der Waals surface area contributed by atoms with E-state index in [1.165, 1.54) is 14.2 Å². The molecule has 1 unspecified atom stereocenters. The number of carbonyl (C=O) groups excluding carboxylic acids is 1. The van der Waals surface area contributed by atoms with Crippen molar-refractivity contribution < 1.29 is 31.6 Å². The van der Waals surface area contributed by atoms with E-state index in [0.717, 1.165) is 6.26 Å². The fraction of sp³-hybridized carbons (Fsp3) is 0.462. The van der Waals surface area contributed by atoms with Gasteiger partial charge in [0, 0.05) is 18.1 Å². The molecule has 0 bridgehead atoms. The van der Waals surface area contributed by atoms with E-state index in [2.05, 4.69) is 4.18 Å². The molecule has 1 aromatic rings. The number of fused-ring (bicyclic) bond motifs is 1. The van der Waals surface area contributed by atoms with Crippen LogP contribution in [0.2, 0.25) is 0 Å². The second-order valence-corrected chi connectivity index (χ2v) is 6.15. The van der Waals surface area contributed by atoms with Crippen LogP contribution in [0.15, 0.2) is 12.1 Å². The number of rotatable bonds is 6. The molecule has 1 heterocycles. The maximum absolute atomic E-state index is 11.9. The number of benzene rings is 1. The van der Waals surface area contributed by atoms with Crippen LogP contribution in [0, 0.1) is 0 Å². The zero-order valence-corrected chi connectivity index (χ0v) is 12.7. The van der Waals surface area contributed by atoms with Crippen LogP contribution in [-0.4, -0.2) is 41.5 Å². The fourth-order valence-corrected chi connectivity index (χ4v) is 2.53. The van der Waals surface area contributed by atoms with Gasteiger partial charge < -0.3 is 14.2 Å². The monoisotopic (exact) mass is 316 g/mol. The van der Waals surface area contributed by atoms with E-state index >= 15 is 0 Å². The van der Waals surface area contributed by atoms with Crippen molar-refractivity contribution in [2.24, 2.45) is 0 Å². The maximum atomic E-state index is 11.9. The second-order valence-electron chi connectivity index (χ2n) is 4.50. The van der Waals surface area contributed by atoms with Gasteiger partial charge in [-0.2, -0.15) is 8.42 Å². The minimum Gasteiger partial charge on any atom is -0.497 e. The SMILES string of the molecule is COc1cc(OC)c2c(c1)C(CCOS(C)(=O)=O)OC2=O. The third-order valence-corrected chi connectivity index (χ3v) is 3.63. The Morgan fingerprint density at radius 1 is 1.24 bits per heavy atom. The molecule has 0 saturated heterocycles. The van der Waals surface area contributed by atoms with Crippen molar-refractivity contribution in [2.45, 2.75) is 12.5 Å².